The van der Waals surface area contributed by atoms with Crippen LogP contribution in [0.25, 0.3) is 0 Å². The Morgan fingerprint density at radius 2 is 1.83 bits per heavy atom. The number of benzene rings is 1. The van der Waals surface area contributed by atoms with Crippen LogP contribution >= 0.6 is 0 Å². The largest absolute Gasteiger partial charge is 0.395 e. The lowest BCUT2D eigenvalue weighted by molar-refractivity contribution is 0.463. The van der Waals surface area contributed by atoms with Gasteiger partial charge in [-0.3, -0.25) is 0 Å². The first-order valence-electron chi connectivity index (χ1n) is 5.88. The molecular formula is C12H17FN2O2S. The SMILES string of the molecule is CC1CN(S(=O)(=O)c2cccc(F)c2N)CC1C. The zero-order valence-corrected chi connectivity index (χ0v) is 11.2. The highest BCUT2D eigenvalue weighted by Crippen LogP contribution is 2.30. The number of hydrogen-bond acceptors (Lipinski definition) is 3. The Hall–Kier alpha value is -1.14. The van der Waals surface area contributed by atoms with Gasteiger partial charge in [0.25, 0.3) is 0 Å². The van der Waals surface area contributed by atoms with Gasteiger partial charge in [-0.25, -0.2) is 12.8 Å². The van der Waals surface area contributed by atoms with Crippen molar-refractivity contribution < 1.29 is 12.8 Å². The monoisotopic (exact) mass is 272 g/mol. The van der Waals surface area contributed by atoms with Crippen LogP contribution in [0.5, 0.6) is 0 Å². The molecule has 100 valence electrons. The summed E-state index contributed by atoms with van der Waals surface area (Å²) in [7, 11) is -3.69. The summed E-state index contributed by atoms with van der Waals surface area (Å²) in [5, 5.41) is 0. The first-order chi connectivity index (χ1) is 8.34. The molecule has 0 saturated carbocycles. The highest BCUT2D eigenvalue weighted by molar-refractivity contribution is 7.89. The number of halogens is 1. The van der Waals surface area contributed by atoms with Gasteiger partial charge in [-0.2, -0.15) is 4.31 Å². The third-order valence-electron chi connectivity index (χ3n) is 3.59. The highest BCUT2D eigenvalue weighted by Gasteiger charge is 2.36. The number of anilines is 1. The van der Waals surface area contributed by atoms with Gasteiger partial charge < -0.3 is 5.73 Å². The Kier molecular flexibility index (Phi) is 3.33. The molecule has 1 aliphatic heterocycles. The van der Waals surface area contributed by atoms with Crippen LogP contribution in [0.4, 0.5) is 10.1 Å². The molecule has 0 amide bonds. The third-order valence-corrected chi connectivity index (χ3v) is 5.48. The number of nitrogens with zero attached hydrogens (tertiary/aromatic N) is 1. The van der Waals surface area contributed by atoms with Crippen molar-refractivity contribution in [1.82, 2.24) is 4.31 Å². The summed E-state index contributed by atoms with van der Waals surface area (Å²) in [6.45, 7) is 4.93. The fraction of sp³-hybridized carbons (Fsp3) is 0.500. The summed E-state index contributed by atoms with van der Waals surface area (Å²) < 4.78 is 39.5. The lowest BCUT2D eigenvalue weighted by atomic mass is 10.0. The molecule has 2 unspecified atom stereocenters. The van der Waals surface area contributed by atoms with E-state index in [1.807, 2.05) is 13.8 Å². The molecule has 1 heterocycles. The van der Waals surface area contributed by atoms with E-state index in [2.05, 4.69) is 0 Å². The van der Waals surface area contributed by atoms with Crippen molar-refractivity contribution in [3.8, 4) is 0 Å². The summed E-state index contributed by atoms with van der Waals surface area (Å²) in [4.78, 5) is -0.135. The summed E-state index contributed by atoms with van der Waals surface area (Å²) in [5.41, 5.74) is 5.22. The molecule has 2 rings (SSSR count). The molecule has 2 N–H and O–H groups in total. The third kappa shape index (κ3) is 2.10. The van der Waals surface area contributed by atoms with Crippen molar-refractivity contribution in [3.63, 3.8) is 0 Å². The Bertz CT molecular complexity index is 549. The Labute approximate surface area is 107 Å². The first kappa shape index (κ1) is 13.3. The van der Waals surface area contributed by atoms with Crippen LogP contribution in [-0.2, 0) is 10.0 Å². The molecule has 0 aliphatic carbocycles. The molecule has 0 spiro atoms. The molecular weight excluding hydrogens is 255 g/mol. The zero-order chi connectivity index (χ0) is 13.5. The molecule has 1 saturated heterocycles. The summed E-state index contributed by atoms with van der Waals surface area (Å²) in [5.74, 6) is -0.0968. The molecule has 18 heavy (non-hydrogen) atoms. The topological polar surface area (TPSA) is 63.4 Å². The average Bonchev–Trinajstić information content (AvgIpc) is 2.63. The van der Waals surface area contributed by atoms with Crippen LogP contribution in [0.3, 0.4) is 0 Å². The van der Waals surface area contributed by atoms with Crippen LogP contribution in [-0.4, -0.2) is 25.8 Å². The maximum absolute atomic E-state index is 13.3. The number of para-hydroxylation sites is 1. The van der Waals surface area contributed by atoms with Crippen molar-refractivity contribution in [3.05, 3.63) is 24.0 Å². The highest BCUT2D eigenvalue weighted by atomic mass is 32.2. The lowest BCUT2D eigenvalue weighted by Crippen LogP contribution is -2.29. The van der Waals surface area contributed by atoms with Gasteiger partial charge in [-0.05, 0) is 24.0 Å². The average molecular weight is 272 g/mol. The van der Waals surface area contributed by atoms with E-state index in [1.54, 1.807) is 0 Å². The fourth-order valence-corrected chi connectivity index (χ4v) is 3.92. The molecule has 2 atom stereocenters. The second kappa shape index (κ2) is 4.51. The van der Waals surface area contributed by atoms with Crippen LogP contribution in [0.15, 0.2) is 23.1 Å². The Balaban J connectivity index is 2.41. The first-order valence-corrected chi connectivity index (χ1v) is 7.32. The molecule has 4 nitrogen and oxygen atoms in total. The van der Waals surface area contributed by atoms with Gasteiger partial charge >= 0.3 is 0 Å². The number of hydrogen-bond donors (Lipinski definition) is 1. The lowest BCUT2D eigenvalue weighted by Gasteiger charge is -2.17. The number of sulfonamides is 1. The van der Waals surface area contributed by atoms with E-state index in [0.29, 0.717) is 24.9 Å². The standard InChI is InChI=1S/C12H17FN2O2S/c1-8-6-15(7-9(8)2)18(16,17)11-5-3-4-10(13)12(11)14/h3-5,8-9H,6-7,14H2,1-2H3. The van der Waals surface area contributed by atoms with Gasteiger partial charge in [0.1, 0.15) is 10.7 Å². The van der Waals surface area contributed by atoms with Gasteiger partial charge in [-0.1, -0.05) is 19.9 Å². The van der Waals surface area contributed by atoms with Gasteiger partial charge in [0.15, 0.2) is 0 Å². The molecule has 1 aromatic rings. The van der Waals surface area contributed by atoms with Gasteiger partial charge in [0, 0.05) is 13.1 Å². The Morgan fingerprint density at radius 3 is 2.39 bits per heavy atom. The molecule has 0 aromatic heterocycles. The minimum Gasteiger partial charge on any atom is -0.395 e. The molecule has 6 heteroatoms. The van der Waals surface area contributed by atoms with E-state index in [0.717, 1.165) is 6.07 Å². The second-order valence-electron chi connectivity index (χ2n) is 4.93. The summed E-state index contributed by atoms with van der Waals surface area (Å²) in [6, 6.07) is 3.87. The van der Waals surface area contributed by atoms with Crippen molar-refractivity contribution in [1.29, 1.82) is 0 Å². The van der Waals surface area contributed by atoms with E-state index < -0.39 is 15.8 Å². The molecule has 1 fully saturated rings. The predicted octanol–water partition coefficient (Wildman–Crippen LogP) is 1.68. The molecule has 0 bridgehead atoms. The second-order valence-corrected chi connectivity index (χ2v) is 6.83. The smallest absolute Gasteiger partial charge is 0.245 e. The van der Waals surface area contributed by atoms with Gasteiger partial charge in [0.2, 0.25) is 10.0 Å². The Morgan fingerprint density at radius 1 is 1.28 bits per heavy atom. The summed E-state index contributed by atoms with van der Waals surface area (Å²) >= 11 is 0. The van der Waals surface area contributed by atoms with Crippen LogP contribution in [0.2, 0.25) is 0 Å². The van der Waals surface area contributed by atoms with E-state index in [1.165, 1.54) is 16.4 Å². The van der Waals surface area contributed by atoms with E-state index >= 15 is 0 Å². The van der Waals surface area contributed by atoms with E-state index in [9.17, 15) is 12.8 Å². The number of rotatable bonds is 2. The van der Waals surface area contributed by atoms with Gasteiger partial charge in [-0.15, -0.1) is 0 Å². The molecule has 1 aliphatic rings. The molecule has 1 aromatic carbocycles. The maximum atomic E-state index is 13.3. The van der Waals surface area contributed by atoms with Crippen molar-refractivity contribution >= 4 is 15.7 Å². The van der Waals surface area contributed by atoms with Gasteiger partial charge in [0.05, 0.1) is 5.69 Å². The summed E-state index contributed by atoms with van der Waals surface area (Å²) in [6.07, 6.45) is 0. The van der Waals surface area contributed by atoms with Crippen LogP contribution in [0, 0.1) is 17.7 Å². The van der Waals surface area contributed by atoms with Crippen molar-refractivity contribution in [2.24, 2.45) is 11.8 Å². The van der Waals surface area contributed by atoms with E-state index in [-0.39, 0.29) is 10.6 Å². The van der Waals surface area contributed by atoms with Crippen molar-refractivity contribution in [2.75, 3.05) is 18.8 Å². The normalized spacial score (nSPS) is 25.5. The molecule has 0 radical (unpaired) electrons. The zero-order valence-electron chi connectivity index (χ0n) is 10.4. The number of nitrogens with two attached hydrogens (primary N) is 1. The maximum Gasteiger partial charge on any atom is 0.245 e. The minimum atomic E-state index is -3.69. The van der Waals surface area contributed by atoms with Crippen LogP contribution < -0.4 is 5.73 Å². The predicted molar refractivity (Wildman–Crippen MR) is 67.9 cm³/mol. The minimum absolute atomic E-state index is 0.135. The number of nitrogen functional groups attached to an aromatic ring is 1. The van der Waals surface area contributed by atoms with Crippen molar-refractivity contribution in [2.45, 2.75) is 18.7 Å². The quantitative estimate of drug-likeness (QED) is 0.833. The van der Waals surface area contributed by atoms with E-state index in [4.69, 9.17) is 5.73 Å². The van der Waals surface area contributed by atoms with Crippen LogP contribution in [0.1, 0.15) is 13.8 Å². The fourth-order valence-electron chi connectivity index (χ4n) is 2.15.